The summed E-state index contributed by atoms with van der Waals surface area (Å²) in [5, 5.41) is 0. The maximum Gasteiger partial charge on any atom is 0.235 e. The Bertz CT molecular complexity index is 1140. The summed E-state index contributed by atoms with van der Waals surface area (Å²) >= 11 is 0. The van der Waals surface area contributed by atoms with Crippen LogP contribution in [0.5, 0.6) is 0 Å². The number of rotatable bonds is 1. The first kappa shape index (κ1) is 13.9. The molecule has 1 atom stereocenters. The van der Waals surface area contributed by atoms with Crippen LogP contribution in [0.3, 0.4) is 0 Å². The summed E-state index contributed by atoms with van der Waals surface area (Å²) in [5.41, 5.74) is 9.02. The molecule has 26 heavy (non-hydrogen) atoms. The molecule has 0 radical (unpaired) electrons. The summed E-state index contributed by atoms with van der Waals surface area (Å²) in [5.74, 6) is 0. The number of para-hydroxylation sites is 4. The van der Waals surface area contributed by atoms with Crippen molar-refractivity contribution in [2.24, 2.45) is 0 Å². The lowest BCUT2D eigenvalue weighted by molar-refractivity contribution is 0.931. The Morgan fingerprint density at radius 2 is 1.46 bits per heavy atom. The van der Waals surface area contributed by atoms with Crippen LogP contribution >= 0.6 is 0 Å². The number of hydrogen-bond donors (Lipinski definition) is 0. The SMILES string of the molecule is C1=CC2=[N+](c3ccccc3)c3ccccc3N3c4ccccc4C(=C1)C23. The number of nitrogens with zero attached hydrogens (tertiary/aromatic N) is 2. The zero-order valence-corrected chi connectivity index (χ0v) is 14.2. The van der Waals surface area contributed by atoms with E-state index in [4.69, 9.17) is 0 Å². The molecule has 2 aliphatic heterocycles. The quantitative estimate of drug-likeness (QED) is 0.537. The van der Waals surface area contributed by atoms with Gasteiger partial charge in [0, 0.05) is 29.8 Å². The summed E-state index contributed by atoms with van der Waals surface area (Å²) < 4.78 is 2.41. The molecule has 2 heterocycles. The van der Waals surface area contributed by atoms with Gasteiger partial charge in [-0.1, -0.05) is 60.7 Å². The van der Waals surface area contributed by atoms with Crippen molar-refractivity contribution in [2.75, 3.05) is 4.90 Å². The normalized spacial score (nSPS) is 19.0. The molecule has 3 aromatic carbocycles. The van der Waals surface area contributed by atoms with E-state index in [1.807, 2.05) is 0 Å². The lowest BCUT2D eigenvalue weighted by Crippen LogP contribution is -2.43. The average Bonchev–Trinajstić information content (AvgIpc) is 3.05. The van der Waals surface area contributed by atoms with E-state index in [1.54, 1.807) is 0 Å². The van der Waals surface area contributed by atoms with Gasteiger partial charge in [-0.25, -0.2) is 0 Å². The van der Waals surface area contributed by atoms with Gasteiger partial charge < -0.3 is 4.90 Å². The Morgan fingerprint density at radius 1 is 0.731 bits per heavy atom. The molecule has 1 aliphatic carbocycles. The van der Waals surface area contributed by atoms with Gasteiger partial charge in [0.15, 0.2) is 0 Å². The van der Waals surface area contributed by atoms with Crippen molar-refractivity contribution in [3.8, 4) is 0 Å². The number of anilines is 2. The van der Waals surface area contributed by atoms with E-state index in [2.05, 4.69) is 107 Å². The predicted molar refractivity (Wildman–Crippen MR) is 109 cm³/mol. The van der Waals surface area contributed by atoms with Gasteiger partial charge in [-0.05, 0) is 17.7 Å². The molecular formula is C24H17N2+. The van der Waals surface area contributed by atoms with E-state index in [0.29, 0.717) is 0 Å². The zero-order valence-electron chi connectivity index (χ0n) is 14.2. The largest absolute Gasteiger partial charge is 0.318 e. The van der Waals surface area contributed by atoms with Gasteiger partial charge >= 0.3 is 0 Å². The Hall–Kier alpha value is -3.39. The van der Waals surface area contributed by atoms with E-state index in [9.17, 15) is 0 Å². The van der Waals surface area contributed by atoms with Gasteiger partial charge in [0.2, 0.25) is 17.1 Å². The number of hydrogen-bond acceptors (Lipinski definition) is 1. The average molecular weight is 333 g/mol. The third kappa shape index (κ3) is 1.68. The van der Waals surface area contributed by atoms with E-state index in [-0.39, 0.29) is 6.04 Å². The highest BCUT2D eigenvalue weighted by atomic mass is 15.3. The van der Waals surface area contributed by atoms with Gasteiger partial charge in [0.05, 0.1) is 5.69 Å². The van der Waals surface area contributed by atoms with Gasteiger partial charge in [-0.15, -0.1) is 0 Å². The van der Waals surface area contributed by atoms with Crippen molar-refractivity contribution < 1.29 is 0 Å². The molecule has 0 saturated carbocycles. The van der Waals surface area contributed by atoms with Crippen molar-refractivity contribution >= 4 is 34.0 Å². The van der Waals surface area contributed by atoms with Crippen LogP contribution in [-0.4, -0.2) is 11.8 Å². The van der Waals surface area contributed by atoms with E-state index >= 15 is 0 Å². The van der Waals surface area contributed by atoms with Crippen molar-refractivity contribution in [2.45, 2.75) is 6.04 Å². The second kappa shape index (κ2) is 5.06. The zero-order chi connectivity index (χ0) is 17.1. The summed E-state index contributed by atoms with van der Waals surface area (Å²) in [6.45, 7) is 0. The second-order valence-corrected chi connectivity index (χ2v) is 6.86. The molecule has 0 saturated heterocycles. The molecule has 3 aromatic rings. The third-order valence-electron chi connectivity index (χ3n) is 5.51. The summed E-state index contributed by atoms with van der Waals surface area (Å²) in [6.07, 6.45) is 6.71. The molecule has 0 fully saturated rings. The van der Waals surface area contributed by atoms with Crippen LogP contribution in [0.2, 0.25) is 0 Å². The number of benzene rings is 3. The van der Waals surface area contributed by atoms with Crippen LogP contribution in [0.15, 0.2) is 97.1 Å². The molecule has 0 amide bonds. The highest BCUT2D eigenvalue weighted by Crippen LogP contribution is 2.51. The minimum absolute atomic E-state index is 0.229. The number of fused-ring (bicyclic) bond motifs is 5. The Labute approximate surface area is 152 Å². The maximum atomic E-state index is 2.49. The fourth-order valence-corrected chi connectivity index (χ4v) is 4.49. The van der Waals surface area contributed by atoms with Gasteiger partial charge in [0.25, 0.3) is 0 Å². The van der Waals surface area contributed by atoms with E-state index < -0.39 is 0 Å². The van der Waals surface area contributed by atoms with Crippen LogP contribution in [-0.2, 0) is 0 Å². The molecule has 2 heteroatoms. The first-order chi connectivity index (χ1) is 12.9. The smallest absolute Gasteiger partial charge is 0.235 e. The van der Waals surface area contributed by atoms with Crippen molar-refractivity contribution in [3.63, 3.8) is 0 Å². The molecule has 0 aromatic heterocycles. The first-order valence-electron chi connectivity index (χ1n) is 9.01. The highest BCUT2D eigenvalue weighted by molar-refractivity contribution is 6.20. The molecule has 0 N–H and O–H groups in total. The summed E-state index contributed by atoms with van der Waals surface area (Å²) in [6, 6.07) is 28.4. The highest BCUT2D eigenvalue weighted by Gasteiger charge is 2.47. The lowest BCUT2D eigenvalue weighted by Gasteiger charge is -2.32. The molecular weight excluding hydrogens is 316 g/mol. The first-order valence-corrected chi connectivity index (χ1v) is 9.01. The number of allylic oxidation sites excluding steroid dienone is 2. The minimum atomic E-state index is 0.229. The third-order valence-corrected chi connectivity index (χ3v) is 5.51. The Balaban J connectivity index is 1.73. The predicted octanol–water partition coefficient (Wildman–Crippen LogP) is 5.45. The lowest BCUT2D eigenvalue weighted by atomic mass is 9.92. The second-order valence-electron chi connectivity index (χ2n) is 6.86. The van der Waals surface area contributed by atoms with Crippen LogP contribution in [0.1, 0.15) is 5.56 Å². The molecule has 1 unspecified atom stereocenters. The van der Waals surface area contributed by atoms with Gasteiger partial charge in [-0.2, -0.15) is 4.58 Å². The summed E-state index contributed by atoms with van der Waals surface area (Å²) in [4.78, 5) is 2.49. The van der Waals surface area contributed by atoms with Crippen LogP contribution in [0.4, 0.5) is 22.7 Å². The topological polar surface area (TPSA) is 6.25 Å². The minimum Gasteiger partial charge on any atom is -0.318 e. The molecule has 0 bridgehead atoms. The molecule has 2 nitrogen and oxygen atoms in total. The monoisotopic (exact) mass is 333 g/mol. The van der Waals surface area contributed by atoms with Crippen molar-refractivity contribution in [1.82, 2.24) is 4.58 Å². The van der Waals surface area contributed by atoms with Crippen molar-refractivity contribution in [3.05, 3.63) is 103 Å². The van der Waals surface area contributed by atoms with Gasteiger partial charge in [0.1, 0.15) is 11.7 Å². The van der Waals surface area contributed by atoms with E-state index in [0.717, 1.165) is 0 Å². The summed E-state index contributed by atoms with van der Waals surface area (Å²) in [7, 11) is 0. The fraction of sp³-hybridized carbons (Fsp3) is 0.0417. The molecule has 0 spiro atoms. The van der Waals surface area contributed by atoms with Gasteiger partial charge in [-0.3, -0.25) is 0 Å². The standard InChI is InChI=1S/C24H17N2/c1-2-9-17(10-3-1)25-21-14-6-7-15-22(21)26-20-13-5-4-11-18(20)19-12-8-16-23(25)24(19)26/h1-16,24H/q+1. The molecule has 6 rings (SSSR count). The Morgan fingerprint density at radius 3 is 2.35 bits per heavy atom. The van der Waals surface area contributed by atoms with Crippen LogP contribution < -0.4 is 9.48 Å². The van der Waals surface area contributed by atoms with Crippen molar-refractivity contribution in [1.29, 1.82) is 0 Å². The Kier molecular flexibility index (Phi) is 2.69. The fourth-order valence-electron chi connectivity index (χ4n) is 4.49. The van der Waals surface area contributed by atoms with E-state index in [1.165, 1.54) is 39.6 Å². The van der Waals surface area contributed by atoms with Crippen LogP contribution in [0.25, 0.3) is 5.57 Å². The molecule has 3 aliphatic rings. The molecule has 122 valence electrons. The van der Waals surface area contributed by atoms with Crippen LogP contribution in [0, 0.1) is 0 Å². The maximum absolute atomic E-state index is 2.49.